The fraction of sp³-hybridized carbons (Fsp3) is 0.909. The summed E-state index contributed by atoms with van der Waals surface area (Å²) in [6, 6.07) is -0.700. The minimum Gasteiger partial charge on any atom is -0.338 e. The van der Waals surface area contributed by atoms with Crippen LogP contribution in [0.1, 0.15) is 19.8 Å². The Labute approximate surface area is 113 Å². The maximum absolute atomic E-state index is 12.2. The minimum absolute atomic E-state index is 0.0851. The summed E-state index contributed by atoms with van der Waals surface area (Å²) in [6.45, 7) is 2.39. The minimum atomic E-state index is -2.97. The fourth-order valence-electron chi connectivity index (χ4n) is 2.20. The molecule has 1 aliphatic heterocycles. The lowest BCUT2D eigenvalue weighted by Gasteiger charge is -2.29. The van der Waals surface area contributed by atoms with Crippen molar-refractivity contribution in [3.8, 4) is 0 Å². The maximum atomic E-state index is 12.2. The number of nitrogens with two attached hydrogens (primary N) is 1. The molecule has 1 saturated heterocycles. The molecule has 1 amide bonds. The van der Waals surface area contributed by atoms with Gasteiger partial charge in [-0.1, -0.05) is 0 Å². The van der Waals surface area contributed by atoms with Gasteiger partial charge in [-0.15, -0.1) is 0 Å². The lowest BCUT2D eigenvalue weighted by atomic mass is 10.1. The third-order valence-corrected chi connectivity index (χ3v) is 5.62. The van der Waals surface area contributed by atoms with Crippen molar-refractivity contribution in [3.05, 3.63) is 0 Å². The smallest absolute Gasteiger partial charge is 0.239 e. The molecule has 0 saturated carbocycles. The molecule has 7 heteroatoms. The summed E-state index contributed by atoms with van der Waals surface area (Å²) >= 11 is 1.65. The molecule has 106 valence electrons. The lowest BCUT2D eigenvalue weighted by molar-refractivity contribution is -0.134. The van der Waals surface area contributed by atoms with E-state index in [-0.39, 0.29) is 23.5 Å². The van der Waals surface area contributed by atoms with E-state index in [9.17, 15) is 13.2 Å². The molecule has 0 aliphatic carbocycles. The zero-order valence-electron chi connectivity index (χ0n) is 11.0. The number of amides is 1. The highest BCUT2D eigenvalue weighted by Gasteiger charge is 2.35. The molecule has 0 aromatic rings. The standard InChI is InChI=1S/C11H22N2O3S2/c1-3-13(9-5-7-18(15,16)8-9)11(14)10(12)4-6-17-2/h9-10H,3-8,12H2,1-2H3/t9?,10-/m1/s1. The van der Waals surface area contributed by atoms with Gasteiger partial charge in [0.15, 0.2) is 9.84 Å². The molecular formula is C11H22N2O3S2. The number of nitrogens with zero attached hydrogens (tertiary/aromatic N) is 1. The molecule has 0 aromatic carbocycles. The number of rotatable bonds is 6. The second-order valence-electron chi connectivity index (χ2n) is 4.57. The Morgan fingerprint density at radius 3 is 2.67 bits per heavy atom. The number of carbonyl (C=O) groups is 1. The maximum Gasteiger partial charge on any atom is 0.239 e. The monoisotopic (exact) mass is 294 g/mol. The highest BCUT2D eigenvalue weighted by molar-refractivity contribution is 7.98. The first kappa shape index (κ1) is 15.8. The van der Waals surface area contributed by atoms with Gasteiger partial charge in [0, 0.05) is 12.6 Å². The van der Waals surface area contributed by atoms with Gasteiger partial charge >= 0.3 is 0 Å². The van der Waals surface area contributed by atoms with Crippen LogP contribution in [0.4, 0.5) is 0 Å². The zero-order valence-corrected chi connectivity index (χ0v) is 12.6. The average molecular weight is 294 g/mol. The van der Waals surface area contributed by atoms with Crippen LogP contribution in [0.5, 0.6) is 0 Å². The molecule has 0 spiro atoms. The van der Waals surface area contributed by atoms with E-state index in [1.807, 2.05) is 13.2 Å². The van der Waals surface area contributed by atoms with E-state index in [2.05, 4.69) is 0 Å². The van der Waals surface area contributed by atoms with Gasteiger partial charge in [0.2, 0.25) is 5.91 Å². The summed E-state index contributed by atoms with van der Waals surface area (Å²) in [5.74, 6) is 0.991. The van der Waals surface area contributed by atoms with Gasteiger partial charge in [-0.25, -0.2) is 8.42 Å². The van der Waals surface area contributed by atoms with E-state index in [0.717, 1.165) is 5.75 Å². The summed E-state index contributed by atoms with van der Waals surface area (Å²) in [5, 5.41) is 0. The van der Waals surface area contributed by atoms with Gasteiger partial charge in [-0.3, -0.25) is 4.79 Å². The predicted molar refractivity (Wildman–Crippen MR) is 75.4 cm³/mol. The fourth-order valence-corrected chi connectivity index (χ4v) is 4.42. The summed E-state index contributed by atoms with van der Waals surface area (Å²) in [5.41, 5.74) is 5.86. The van der Waals surface area contributed by atoms with E-state index in [4.69, 9.17) is 5.73 Å². The van der Waals surface area contributed by atoms with Crippen LogP contribution < -0.4 is 5.73 Å². The van der Waals surface area contributed by atoms with Crippen LogP contribution in [0, 0.1) is 0 Å². The number of hydrogen-bond acceptors (Lipinski definition) is 5. The van der Waals surface area contributed by atoms with Gasteiger partial charge in [-0.2, -0.15) is 11.8 Å². The lowest BCUT2D eigenvalue weighted by Crippen LogP contribution is -2.49. The molecule has 0 radical (unpaired) electrons. The summed E-state index contributed by atoms with van der Waals surface area (Å²) in [6.07, 6.45) is 3.14. The SMILES string of the molecule is CCN(C(=O)[C@H](N)CCSC)C1CCS(=O)(=O)C1. The first-order valence-electron chi connectivity index (χ1n) is 6.16. The van der Waals surface area contributed by atoms with Crippen LogP contribution in [0.15, 0.2) is 0 Å². The number of likely N-dealkylation sites (N-methyl/N-ethyl adjacent to an activating group) is 1. The van der Waals surface area contributed by atoms with Crippen LogP contribution in [-0.2, 0) is 14.6 Å². The van der Waals surface area contributed by atoms with E-state index >= 15 is 0 Å². The molecule has 1 heterocycles. The third kappa shape index (κ3) is 4.13. The summed E-state index contributed by atoms with van der Waals surface area (Å²) < 4.78 is 22.9. The Morgan fingerprint density at radius 2 is 2.22 bits per heavy atom. The van der Waals surface area contributed by atoms with Crippen molar-refractivity contribution in [2.45, 2.75) is 31.8 Å². The normalized spacial score (nSPS) is 23.8. The van der Waals surface area contributed by atoms with Crippen LogP contribution >= 0.6 is 11.8 Å². The van der Waals surface area contributed by atoms with Crippen molar-refractivity contribution >= 4 is 27.5 Å². The third-order valence-electron chi connectivity index (χ3n) is 3.22. The molecule has 5 nitrogen and oxygen atoms in total. The van der Waals surface area contributed by atoms with Gasteiger partial charge < -0.3 is 10.6 Å². The Balaban J connectivity index is 2.63. The quantitative estimate of drug-likeness (QED) is 0.751. The second kappa shape index (κ2) is 6.77. The van der Waals surface area contributed by atoms with Gasteiger partial charge in [0.1, 0.15) is 0 Å². The van der Waals surface area contributed by atoms with Crippen molar-refractivity contribution in [2.24, 2.45) is 5.73 Å². The average Bonchev–Trinajstić information content (AvgIpc) is 2.67. The molecule has 0 aromatic heterocycles. The summed E-state index contributed by atoms with van der Waals surface area (Å²) in [7, 11) is -2.97. The van der Waals surface area contributed by atoms with Gasteiger partial charge in [0.25, 0.3) is 0 Å². The zero-order chi connectivity index (χ0) is 13.8. The molecule has 2 N–H and O–H groups in total. The van der Waals surface area contributed by atoms with Crippen molar-refractivity contribution in [3.63, 3.8) is 0 Å². The van der Waals surface area contributed by atoms with E-state index in [1.54, 1.807) is 16.7 Å². The number of thioether (sulfide) groups is 1. The van der Waals surface area contributed by atoms with Gasteiger partial charge in [-0.05, 0) is 31.8 Å². The number of hydrogen-bond donors (Lipinski definition) is 1. The highest BCUT2D eigenvalue weighted by atomic mass is 32.2. The first-order chi connectivity index (χ1) is 8.41. The van der Waals surface area contributed by atoms with Crippen molar-refractivity contribution < 1.29 is 13.2 Å². The van der Waals surface area contributed by atoms with Crippen molar-refractivity contribution in [1.82, 2.24) is 4.90 Å². The van der Waals surface area contributed by atoms with Gasteiger partial charge in [0.05, 0.1) is 17.5 Å². The number of carbonyl (C=O) groups excluding carboxylic acids is 1. The van der Waals surface area contributed by atoms with E-state index in [1.165, 1.54) is 0 Å². The van der Waals surface area contributed by atoms with Crippen LogP contribution in [-0.4, -0.2) is 61.4 Å². The molecule has 2 atom stereocenters. The molecular weight excluding hydrogens is 272 g/mol. The van der Waals surface area contributed by atoms with E-state index < -0.39 is 15.9 Å². The molecule has 1 fully saturated rings. The summed E-state index contributed by atoms with van der Waals surface area (Å²) in [4.78, 5) is 13.8. The predicted octanol–water partition coefficient (Wildman–Crippen LogP) is 0.102. The largest absolute Gasteiger partial charge is 0.338 e. The van der Waals surface area contributed by atoms with Crippen LogP contribution in [0.2, 0.25) is 0 Å². The van der Waals surface area contributed by atoms with E-state index in [0.29, 0.717) is 19.4 Å². The Morgan fingerprint density at radius 1 is 1.56 bits per heavy atom. The molecule has 1 aliphatic rings. The molecule has 18 heavy (non-hydrogen) atoms. The molecule has 1 unspecified atom stereocenters. The second-order valence-corrected chi connectivity index (χ2v) is 7.78. The van der Waals surface area contributed by atoms with Crippen LogP contribution in [0.3, 0.4) is 0 Å². The molecule has 0 bridgehead atoms. The van der Waals surface area contributed by atoms with Crippen LogP contribution in [0.25, 0.3) is 0 Å². The molecule has 1 rings (SSSR count). The van der Waals surface area contributed by atoms with Crippen molar-refractivity contribution in [2.75, 3.05) is 30.1 Å². The first-order valence-corrected chi connectivity index (χ1v) is 9.38. The Hall–Kier alpha value is -0.270. The van der Waals surface area contributed by atoms with Crippen molar-refractivity contribution in [1.29, 1.82) is 0 Å². The Bertz CT molecular complexity index is 384. The highest BCUT2D eigenvalue weighted by Crippen LogP contribution is 2.18. The topological polar surface area (TPSA) is 80.5 Å². The number of sulfone groups is 1. The Kier molecular flexibility index (Phi) is 5.94.